The number of allylic oxidation sites excluding steroid dienone is 2. The molecule has 70 heavy (non-hydrogen) atoms. The van der Waals surface area contributed by atoms with E-state index < -0.39 is 0 Å². The van der Waals surface area contributed by atoms with Gasteiger partial charge in [-0.2, -0.15) is 0 Å². The number of Topliss-reactive ketones (excluding diaryl/α,β-unsaturated/α-hetero) is 1. The van der Waals surface area contributed by atoms with E-state index >= 15 is 0 Å². The first-order valence-corrected chi connectivity index (χ1v) is 32.7. The Kier molecular flexibility index (Phi) is 61.1. The monoisotopic (exact) mass is 984 g/mol. The van der Waals surface area contributed by atoms with Crippen molar-refractivity contribution in [3.05, 3.63) is 12.2 Å². The SMILES string of the molecule is CCCCCCCCC=CCCCCCCCC(=O)CCCCCCCCCCCCCCCCCCCCCCCCCCCCCC(=O)N[C@H](CO)CCCCCCCCCCCCCCCC. The summed E-state index contributed by atoms with van der Waals surface area (Å²) in [7, 11) is 0. The summed E-state index contributed by atoms with van der Waals surface area (Å²) in [5, 5.41) is 12.9. The molecule has 0 radical (unpaired) electrons. The summed E-state index contributed by atoms with van der Waals surface area (Å²) in [6.07, 6.45) is 80.8. The van der Waals surface area contributed by atoms with Gasteiger partial charge in [0.25, 0.3) is 0 Å². The van der Waals surface area contributed by atoms with Crippen LogP contribution in [0.25, 0.3) is 0 Å². The molecule has 416 valence electrons. The van der Waals surface area contributed by atoms with E-state index in [4.69, 9.17) is 0 Å². The average Bonchev–Trinajstić information content (AvgIpc) is 3.36. The second kappa shape index (κ2) is 62.1. The van der Waals surface area contributed by atoms with Crippen LogP contribution in [0.4, 0.5) is 0 Å². The van der Waals surface area contributed by atoms with Crippen LogP contribution in [0.15, 0.2) is 12.2 Å². The van der Waals surface area contributed by atoms with E-state index in [1.165, 1.54) is 315 Å². The van der Waals surface area contributed by atoms with Gasteiger partial charge < -0.3 is 10.4 Å². The number of amides is 1. The van der Waals surface area contributed by atoms with Gasteiger partial charge in [0.1, 0.15) is 5.78 Å². The number of hydrogen-bond acceptors (Lipinski definition) is 3. The quantitative estimate of drug-likeness (QED) is 0.0471. The second-order valence-corrected chi connectivity index (χ2v) is 22.8. The van der Waals surface area contributed by atoms with Crippen molar-refractivity contribution in [2.75, 3.05) is 6.61 Å². The summed E-state index contributed by atoms with van der Waals surface area (Å²) >= 11 is 0. The number of aliphatic hydroxyl groups is 1. The molecule has 0 heterocycles. The van der Waals surface area contributed by atoms with Gasteiger partial charge in [0.2, 0.25) is 5.91 Å². The van der Waals surface area contributed by atoms with Gasteiger partial charge in [-0.1, -0.05) is 328 Å². The van der Waals surface area contributed by atoms with Crippen molar-refractivity contribution in [2.45, 2.75) is 392 Å². The molecule has 4 nitrogen and oxygen atoms in total. The van der Waals surface area contributed by atoms with Crippen molar-refractivity contribution in [3.63, 3.8) is 0 Å². The first-order chi connectivity index (χ1) is 34.6. The van der Waals surface area contributed by atoms with Crippen molar-refractivity contribution in [3.8, 4) is 0 Å². The molecular formula is C66H129NO3. The van der Waals surface area contributed by atoms with E-state index in [1.807, 2.05) is 0 Å². The molecule has 0 bridgehead atoms. The Morgan fingerprint density at radius 2 is 0.543 bits per heavy atom. The van der Waals surface area contributed by atoms with E-state index in [2.05, 4.69) is 31.3 Å². The summed E-state index contributed by atoms with van der Waals surface area (Å²) < 4.78 is 0. The maximum absolute atomic E-state index is 12.4. The van der Waals surface area contributed by atoms with Crippen LogP contribution in [-0.2, 0) is 9.59 Å². The fourth-order valence-corrected chi connectivity index (χ4v) is 10.6. The number of aliphatic hydroxyl groups excluding tert-OH is 1. The highest BCUT2D eigenvalue weighted by atomic mass is 16.3. The zero-order valence-corrected chi connectivity index (χ0v) is 48.2. The number of rotatable bonds is 62. The fraction of sp³-hybridized carbons (Fsp3) is 0.939. The second-order valence-electron chi connectivity index (χ2n) is 22.8. The lowest BCUT2D eigenvalue weighted by molar-refractivity contribution is -0.122. The van der Waals surface area contributed by atoms with Crippen molar-refractivity contribution in [2.24, 2.45) is 0 Å². The lowest BCUT2D eigenvalue weighted by Gasteiger charge is -2.16. The van der Waals surface area contributed by atoms with Gasteiger partial charge in [0, 0.05) is 19.3 Å². The largest absolute Gasteiger partial charge is 0.394 e. The van der Waals surface area contributed by atoms with E-state index in [0.717, 1.165) is 51.4 Å². The molecular weight excluding hydrogens is 855 g/mol. The van der Waals surface area contributed by atoms with Crippen molar-refractivity contribution >= 4 is 11.7 Å². The summed E-state index contributed by atoms with van der Waals surface area (Å²) in [6, 6.07) is -0.0593. The lowest BCUT2D eigenvalue weighted by atomic mass is 10.0. The van der Waals surface area contributed by atoms with E-state index in [0.29, 0.717) is 12.2 Å². The predicted octanol–water partition coefficient (Wildman–Crippen LogP) is 22.3. The number of ketones is 1. The Bertz CT molecular complexity index is 1020. The molecule has 0 saturated heterocycles. The summed E-state index contributed by atoms with van der Waals surface area (Å²) in [6.45, 7) is 4.64. The minimum atomic E-state index is -0.0593. The minimum Gasteiger partial charge on any atom is -0.394 e. The lowest BCUT2D eigenvalue weighted by Crippen LogP contribution is -2.37. The minimum absolute atomic E-state index is 0.0593. The molecule has 0 fully saturated rings. The predicted molar refractivity (Wildman–Crippen MR) is 312 cm³/mol. The van der Waals surface area contributed by atoms with E-state index in [-0.39, 0.29) is 18.6 Å². The zero-order chi connectivity index (χ0) is 50.6. The summed E-state index contributed by atoms with van der Waals surface area (Å²) in [5.74, 6) is 0.648. The molecule has 0 unspecified atom stereocenters. The van der Waals surface area contributed by atoms with Crippen LogP contribution in [0.3, 0.4) is 0 Å². The highest BCUT2D eigenvalue weighted by Gasteiger charge is 2.11. The average molecular weight is 985 g/mol. The van der Waals surface area contributed by atoms with Crippen LogP contribution in [0.2, 0.25) is 0 Å². The molecule has 0 rings (SSSR count). The maximum atomic E-state index is 12.4. The van der Waals surface area contributed by atoms with Crippen molar-refractivity contribution < 1.29 is 14.7 Å². The van der Waals surface area contributed by atoms with Gasteiger partial charge in [-0.25, -0.2) is 0 Å². The Hall–Kier alpha value is -1.16. The number of carbonyl (C=O) groups is 2. The Morgan fingerprint density at radius 1 is 0.314 bits per heavy atom. The molecule has 4 heteroatoms. The van der Waals surface area contributed by atoms with Gasteiger partial charge in [-0.05, 0) is 51.4 Å². The first-order valence-electron chi connectivity index (χ1n) is 32.7. The van der Waals surface area contributed by atoms with Gasteiger partial charge in [-0.15, -0.1) is 0 Å². The maximum Gasteiger partial charge on any atom is 0.220 e. The van der Waals surface area contributed by atoms with Crippen LogP contribution in [-0.4, -0.2) is 29.4 Å². The molecule has 0 aromatic carbocycles. The molecule has 0 aliphatic carbocycles. The smallest absolute Gasteiger partial charge is 0.220 e. The molecule has 0 aromatic rings. The highest BCUT2D eigenvalue weighted by molar-refractivity contribution is 5.78. The number of hydrogen-bond donors (Lipinski definition) is 2. The Labute approximate surface area is 440 Å². The highest BCUT2D eigenvalue weighted by Crippen LogP contribution is 2.19. The topological polar surface area (TPSA) is 66.4 Å². The van der Waals surface area contributed by atoms with Crippen molar-refractivity contribution in [1.29, 1.82) is 0 Å². The molecule has 0 aliphatic rings. The first kappa shape index (κ1) is 68.8. The van der Waals surface area contributed by atoms with Crippen molar-refractivity contribution in [1.82, 2.24) is 5.32 Å². The number of nitrogens with one attached hydrogen (secondary N) is 1. The molecule has 0 aliphatic heterocycles. The normalized spacial score (nSPS) is 12.2. The molecule has 2 N–H and O–H groups in total. The van der Waals surface area contributed by atoms with Crippen LogP contribution in [0.1, 0.15) is 386 Å². The van der Waals surface area contributed by atoms with Gasteiger partial charge in [-0.3, -0.25) is 9.59 Å². The number of carbonyl (C=O) groups excluding carboxylic acids is 2. The third-order valence-electron chi connectivity index (χ3n) is 15.6. The molecule has 1 amide bonds. The van der Waals surface area contributed by atoms with Crippen LogP contribution < -0.4 is 5.32 Å². The third kappa shape index (κ3) is 59.4. The van der Waals surface area contributed by atoms with Crippen LogP contribution in [0, 0.1) is 0 Å². The standard InChI is InChI=1S/C66H129NO3/c1-3-5-7-9-11-13-15-17-32-36-40-44-48-52-56-60-65(69)61-57-53-49-45-41-37-33-30-28-26-24-22-20-19-21-23-25-27-29-31-34-38-42-46-50-54-58-62-66(70)67-64(63-68)59-55-51-47-43-39-35-18-16-14-12-10-8-6-4-2/h17,32,64,68H,3-16,18-31,33-63H2,1-2H3,(H,67,70)/t64-/m0/s1. The van der Waals surface area contributed by atoms with Crippen LogP contribution >= 0.6 is 0 Å². The summed E-state index contributed by atoms with van der Waals surface area (Å²) in [4.78, 5) is 24.7. The zero-order valence-electron chi connectivity index (χ0n) is 48.2. The Morgan fingerprint density at radius 3 is 0.814 bits per heavy atom. The third-order valence-corrected chi connectivity index (χ3v) is 15.6. The van der Waals surface area contributed by atoms with Crippen LogP contribution in [0.5, 0.6) is 0 Å². The van der Waals surface area contributed by atoms with E-state index in [1.54, 1.807) is 0 Å². The fourth-order valence-electron chi connectivity index (χ4n) is 10.6. The van der Waals surface area contributed by atoms with E-state index in [9.17, 15) is 14.7 Å². The van der Waals surface area contributed by atoms with Gasteiger partial charge >= 0.3 is 0 Å². The number of unbranched alkanes of at least 4 members (excludes halogenated alkanes) is 50. The molecule has 1 atom stereocenters. The molecule has 0 aromatic heterocycles. The molecule has 0 spiro atoms. The Balaban J connectivity index is 3.28. The van der Waals surface area contributed by atoms with Gasteiger partial charge in [0.05, 0.1) is 12.6 Å². The molecule has 0 saturated carbocycles. The summed E-state index contributed by atoms with van der Waals surface area (Å²) in [5.41, 5.74) is 0. The van der Waals surface area contributed by atoms with Gasteiger partial charge in [0.15, 0.2) is 0 Å².